The molecule has 90 valence electrons. The minimum Gasteiger partial charge on any atom is -0.361 e. The molecule has 0 aromatic carbocycles. The Morgan fingerprint density at radius 1 is 1.53 bits per heavy atom. The summed E-state index contributed by atoms with van der Waals surface area (Å²) < 4.78 is 5.02. The second-order valence-corrected chi connectivity index (χ2v) is 4.52. The molecule has 0 atom stereocenters. The van der Waals surface area contributed by atoms with Crippen molar-refractivity contribution in [3.63, 3.8) is 0 Å². The Labute approximate surface area is 103 Å². The zero-order valence-corrected chi connectivity index (χ0v) is 10.7. The highest BCUT2D eigenvalue weighted by Gasteiger charge is 2.19. The third-order valence-electron chi connectivity index (χ3n) is 2.33. The molecule has 2 heterocycles. The maximum Gasteiger partial charge on any atom is 0.262 e. The molecule has 2 rings (SSSR count). The smallest absolute Gasteiger partial charge is 0.262 e. The Morgan fingerprint density at radius 2 is 2.29 bits per heavy atom. The van der Waals surface area contributed by atoms with Gasteiger partial charge in [0.25, 0.3) is 5.91 Å². The fourth-order valence-electron chi connectivity index (χ4n) is 1.52. The first-order valence-electron chi connectivity index (χ1n) is 5.30. The van der Waals surface area contributed by atoms with Gasteiger partial charge < -0.3 is 4.52 Å². The van der Waals surface area contributed by atoms with Gasteiger partial charge in [-0.25, -0.2) is 4.98 Å². The Balaban J connectivity index is 2.22. The minimum absolute atomic E-state index is 0.213. The average Bonchev–Trinajstić information content (AvgIpc) is 2.84. The van der Waals surface area contributed by atoms with Crippen LogP contribution >= 0.6 is 11.3 Å². The van der Waals surface area contributed by atoms with Gasteiger partial charge in [-0.05, 0) is 20.3 Å². The standard InChI is InChI=1S/C11H13N3O2S/c1-4-8-9(7(3)16-14-8)10(15)13-11-12-6(2)5-17-11/h5H,4H2,1-3H3,(H,12,13,15). The lowest BCUT2D eigenvalue weighted by molar-refractivity contribution is 0.102. The molecule has 0 saturated heterocycles. The van der Waals surface area contributed by atoms with Crippen LogP contribution in [0.3, 0.4) is 0 Å². The van der Waals surface area contributed by atoms with Gasteiger partial charge in [0.05, 0.1) is 11.4 Å². The van der Waals surface area contributed by atoms with E-state index in [-0.39, 0.29) is 5.91 Å². The number of rotatable bonds is 3. The number of anilines is 1. The summed E-state index contributed by atoms with van der Waals surface area (Å²) in [4.78, 5) is 16.2. The van der Waals surface area contributed by atoms with Crippen LogP contribution in [0.4, 0.5) is 5.13 Å². The van der Waals surface area contributed by atoms with Crippen molar-refractivity contribution >= 4 is 22.4 Å². The minimum atomic E-state index is -0.213. The molecule has 5 nitrogen and oxygen atoms in total. The van der Waals surface area contributed by atoms with Crippen molar-refractivity contribution in [2.75, 3.05) is 5.32 Å². The summed E-state index contributed by atoms with van der Waals surface area (Å²) >= 11 is 1.40. The van der Waals surface area contributed by atoms with Crippen LogP contribution in [0.1, 0.15) is 34.4 Å². The van der Waals surface area contributed by atoms with Crippen molar-refractivity contribution in [2.45, 2.75) is 27.2 Å². The van der Waals surface area contributed by atoms with Crippen molar-refractivity contribution in [3.05, 3.63) is 28.1 Å². The molecule has 6 heteroatoms. The highest BCUT2D eigenvalue weighted by atomic mass is 32.1. The summed E-state index contributed by atoms with van der Waals surface area (Å²) in [6, 6.07) is 0. The number of thiazole rings is 1. The average molecular weight is 251 g/mol. The Bertz CT molecular complexity index is 545. The molecule has 0 aliphatic heterocycles. The highest BCUT2D eigenvalue weighted by molar-refractivity contribution is 7.13. The lowest BCUT2D eigenvalue weighted by atomic mass is 10.1. The number of hydrogen-bond acceptors (Lipinski definition) is 5. The maximum absolute atomic E-state index is 12.0. The molecule has 2 aromatic rings. The molecule has 0 radical (unpaired) electrons. The lowest BCUT2D eigenvalue weighted by Gasteiger charge is -2.00. The molecule has 0 saturated carbocycles. The maximum atomic E-state index is 12.0. The van der Waals surface area contributed by atoms with Crippen LogP contribution in [0.15, 0.2) is 9.90 Å². The van der Waals surface area contributed by atoms with E-state index in [2.05, 4.69) is 15.5 Å². The molecule has 2 aromatic heterocycles. The fraction of sp³-hybridized carbons (Fsp3) is 0.364. The number of amides is 1. The normalized spacial score (nSPS) is 10.5. The first-order chi connectivity index (χ1) is 8.11. The lowest BCUT2D eigenvalue weighted by Crippen LogP contribution is -2.14. The van der Waals surface area contributed by atoms with Crippen LogP contribution in [-0.2, 0) is 6.42 Å². The van der Waals surface area contributed by atoms with Crippen molar-refractivity contribution < 1.29 is 9.32 Å². The zero-order chi connectivity index (χ0) is 12.4. The van der Waals surface area contributed by atoms with E-state index in [1.54, 1.807) is 6.92 Å². The van der Waals surface area contributed by atoms with Gasteiger partial charge in [0.1, 0.15) is 11.3 Å². The number of nitrogens with one attached hydrogen (secondary N) is 1. The van der Waals surface area contributed by atoms with Gasteiger partial charge in [-0.15, -0.1) is 11.3 Å². The monoisotopic (exact) mass is 251 g/mol. The Morgan fingerprint density at radius 3 is 2.88 bits per heavy atom. The fourth-order valence-corrected chi connectivity index (χ4v) is 2.20. The molecule has 1 amide bonds. The second kappa shape index (κ2) is 4.67. The van der Waals surface area contributed by atoms with Gasteiger partial charge >= 0.3 is 0 Å². The van der Waals surface area contributed by atoms with E-state index in [0.717, 1.165) is 5.69 Å². The van der Waals surface area contributed by atoms with Crippen LogP contribution in [0.2, 0.25) is 0 Å². The van der Waals surface area contributed by atoms with E-state index in [1.807, 2.05) is 19.2 Å². The van der Waals surface area contributed by atoms with Gasteiger partial charge in [-0.1, -0.05) is 12.1 Å². The number of hydrogen-bond donors (Lipinski definition) is 1. The molecule has 0 spiro atoms. The van der Waals surface area contributed by atoms with E-state index < -0.39 is 0 Å². The highest BCUT2D eigenvalue weighted by Crippen LogP contribution is 2.19. The quantitative estimate of drug-likeness (QED) is 0.910. The third-order valence-corrected chi connectivity index (χ3v) is 3.21. The van der Waals surface area contributed by atoms with Crippen LogP contribution < -0.4 is 5.32 Å². The molecule has 17 heavy (non-hydrogen) atoms. The van der Waals surface area contributed by atoms with Crippen molar-refractivity contribution in [1.29, 1.82) is 0 Å². The van der Waals surface area contributed by atoms with Crippen LogP contribution in [0.5, 0.6) is 0 Å². The van der Waals surface area contributed by atoms with Gasteiger partial charge in [-0.2, -0.15) is 0 Å². The summed E-state index contributed by atoms with van der Waals surface area (Å²) in [5.41, 5.74) is 2.08. The first-order valence-corrected chi connectivity index (χ1v) is 6.18. The Hall–Kier alpha value is -1.69. The molecule has 0 aliphatic carbocycles. The number of aromatic nitrogens is 2. The van der Waals surface area contributed by atoms with Gasteiger partial charge in [0.2, 0.25) is 0 Å². The summed E-state index contributed by atoms with van der Waals surface area (Å²) in [7, 11) is 0. The number of nitrogens with zero attached hydrogens (tertiary/aromatic N) is 2. The van der Waals surface area contributed by atoms with Crippen LogP contribution in [0, 0.1) is 13.8 Å². The topological polar surface area (TPSA) is 68.0 Å². The number of carbonyl (C=O) groups excluding carboxylic acids is 1. The van der Waals surface area contributed by atoms with Crippen molar-refractivity contribution in [3.8, 4) is 0 Å². The second-order valence-electron chi connectivity index (χ2n) is 3.66. The van der Waals surface area contributed by atoms with Crippen molar-refractivity contribution in [1.82, 2.24) is 10.1 Å². The number of aryl methyl sites for hydroxylation is 3. The summed E-state index contributed by atoms with van der Waals surface area (Å²) in [6.45, 7) is 5.55. The van der Waals surface area contributed by atoms with Gasteiger partial charge in [0, 0.05) is 5.38 Å². The van der Waals surface area contributed by atoms with Crippen molar-refractivity contribution in [2.24, 2.45) is 0 Å². The molecule has 0 aliphatic rings. The van der Waals surface area contributed by atoms with E-state index in [9.17, 15) is 4.79 Å². The largest absolute Gasteiger partial charge is 0.361 e. The van der Waals surface area contributed by atoms with Crippen LogP contribution in [0.25, 0.3) is 0 Å². The molecule has 0 bridgehead atoms. The van der Waals surface area contributed by atoms with E-state index in [4.69, 9.17) is 4.52 Å². The zero-order valence-electron chi connectivity index (χ0n) is 9.90. The van der Waals surface area contributed by atoms with E-state index >= 15 is 0 Å². The van der Waals surface area contributed by atoms with E-state index in [0.29, 0.717) is 28.6 Å². The van der Waals surface area contributed by atoms with Gasteiger partial charge in [-0.3, -0.25) is 10.1 Å². The Kier molecular flexibility index (Phi) is 3.23. The molecule has 0 unspecified atom stereocenters. The third kappa shape index (κ3) is 2.36. The predicted molar refractivity (Wildman–Crippen MR) is 65.4 cm³/mol. The predicted octanol–water partition coefficient (Wildman–Crippen LogP) is 2.56. The van der Waals surface area contributed by atoms with E-state index in [1.165, 1.54) is 11.3 Å². The van der Waals surface area contributed by atoms with Crippen LogP contribution in [-0.4, -0.2) is 16.0 Å². The number of carbonyl (C=O) groups is 1. The summed E-state index contributed by atoms with van der Waals surface area (Å²) in [5, 5.41) is 9.08. The molecular formula is C11H13N3O2S. The molecular weight excluding hydrogens is 238 g/mol. The molecule has 1 N–H and O–H groups in total. The first kappa shape index (κ1) is 11.8. The van der Waals surface area contributed by atoms with Gasteiger partial charge in [0.15, 0.2) is 5.13 Å². The summed E-state index contributed by atoms with van der Waals surface area (Å²) in [6.07, 6.45) is 0.664. The SMILES string of the molecule is CCc1noc(C)c1C(=O)Nc1nc(C)cs1. The summed E-state index contributed by atoms with van der Waals surface area (Å²) in [5.74, 6) is 0.322. The molecule has 0 fully saturated rings.